The van der Waals surface area contributed by atoms with E-state index in [1.54, 1.807) is 4.68 Å². The van der Waals surface area contributed by atoms with E-state index in [0.717, 1.165) is 49.8 Å². The lowest BCUT2D eigenvalue weighted by Gasteiger charge is -2.26. The van der Waals surface area contributed by atoms with Crippen molar-refractivity contribution in [3.8, 4) is 0 Å². The highest BCUT2D eigenvalue weighted by atomic mass is 16.4. The summed E-state index contributed by atoms with van der Waals surface area (Å²) in [6, 6.07) is 0.344. The van der Waals surface area contributed by atoms with Crippen molar-refractivity contribution in [3.05, 3.63) is 17.0 Å². The molecule has 4 heteroatoms. The molecule has 0 spiro atoms. The SMILES string of the molecule is O=C(O)c1c2c(nn1C1CCC1)CCCC2. The molecule has 0 amide bonds. The van der Waals surface area contributed by atoms with Crippen LogP contribution in [0.4, 0.5) is 0 Å². The van der Waals surface area contributed by atoms with Crippen LogP contribution in [-0.2, 0) is 12.8 Å². The van der Waals surface area contributed by atoms with E-state index < -0.39 is 5.97 Å². The van der Waals surface area contributed by atoms with Crippen LogP contribution in [0.15, 0.2) is 0 Å². The molecular weight excluding hydrogens is 204 g/mol. The summed E-state index contributed by atoms with van der Waals surface area (Å²) >= 11 is 0. The van der Waals surface area contributed by atoms with Crippen molar-refractivity contribution >= 4 is 5.97 Å². The molecule has 0 atom stereocenters. The second-order valence-corrected chi connectivity index (χ2v) is 4.82. The zero-order chi connectivity index (χ0) is 11.1. The number of carboxylic acids is 1. The van der Waals surface area contributed by atoms with Gasteiger partial charge in [0.1, 0.15) is 5.69 Å². The Balaban J connectivity index is 2.08. The summed E-state index contributed by atoms with van der Waals surface area (Å²) in [7, 11) is 0. The van der Waals surface area contributed by atoms with Crippen LogP contribution in [0.25, 0.3) is 0 Å². The number of fused-ring (bicyclic) bond motifs is 1. The quantitative estimate of drug-likeness (QED) is 0.831. The zero-order valence-electron chi connectivity index (χ0n) is 9.28. The van der Waals surface area contributed by atoms with Gasteiger partial charge in [0.25, 0.3) is 0 Å². The third kappa shape index (κ3) is 1.36. The average Bonchev–Trinajstić information content (AvgIpc) is 2.53. The molecule has 3 rings (SSSR count). The lowest BCUT2D eigenvalue weighted by molar-refractivity contribution is 0.0674. The molecule has 2 aliphatic rings. The van der Waals surface area contributed by atoms with E-state index in [2.05, 4.69) is 5.10 Å². The lowest BCUT2D eigenvalue weighted by atomic mass is 9.92. The molecule has 0 radical (unpaired) electrons. The monoisotopic (exact) mass is 220 g/mol. The summed E-state index contributed by atoms with van der Waals surface area (Å²) in [5.41, 5.74) is 2.51. The number of hydrogen-bond donors (Lipinski definition) is 1. The third-order valence-corrected chi connectivity index (χ3v) is 3.81. The van der Waals surface area contributed by atoms with Crippen molar-refractivity contribution in [3.63, 3.8) is 0 Å². The number of hydrogen-bond acceptors (Lipinski definition) is 2. The highest BCUT2D eigenvalue weighted by Gasteiger charge is 2.30. The van der Waals surface area contributed by atoms with Crippen LogP contribution in [0.1, 0.15) is 59.9 Å². The van der Waals surface area contributed by atoms with Crippen molar-refractivity contribution in [1.29, 1.82) is 0 Å². The van der Waals surface area contributed by atoms with E-state index in [4.69, 9.17) is 0 Å². The highest BCUT2D eigenvalue weighted by molar-refractivity contribution is 5.88. The number of rotatable bonds is 2. The standard InChI is InChI=1S/C12H16N2O2/c15-12(16)11-9-6-1-2-7-10(9)13-14(11)8-4-3-5-8/h8H,1-7H2,(H,15,16). The smallest absolute Gasteiger partial charge is 0.354 e. The number of aromatic carboxylic acids is 1. The van der Waals surface area contributed by atoms with Gasteiger partial charge in [-0.05, 0) is 44.9 Å². The minimum absolute atomic E-state index is 0.344. The third-order valence-electron chi connectivity index (χ3n) is 3.81. The Bertz CT molecular complexity index is 432. The number of nitrogens with zero attached hydrogens (tertiary/aromatic N) is 2. The van der Waals surface area contributed by atoms with Gasteiger partial charge in [0, 0.05) is 5.56 Å². The topological polar surface area (TPSA) is 55.1 Å². The first-order valence-corrected chi connectivity index (χ1v) is 6.11. The summed E-state index contributed by atoms with van der Waals surface area (Å²) in [6.07, 6.45) is 7.46. The zero-order valence-corrected chi connectivity index (χ0v) is 9.28. The number of aromatic nitrogens is 2. The lowest BCUT2D eigenvalue weighted by Crippen LogP contribution is -2.22. The van der Waals surface area contributed by atoms with Gasteiger partial charge in [-0.25, -0.2) is 4.79 Å². The minimum Gasteiger partial charge on any atom is -0.477 e. The van der Waals surface area contributed by atoms with E-state index in [0.29, 0.717) is 11.7 Å². The molecule has 16 heavy (non-hydrogen) atoms. The van der Waals surface area contributed by atoms with E-state index in [1.165, 1.54) is 6.42 Å². The molecule has 2 aliphatic carbocycles. The normalized spacial score (nSPS) is 20.2. The molecule has 86 valence electrons. The maximum Gasteiger partial charge on any atom is 0.354 e. The largest absolute Gasteiger partial charge is 0.477 e. The molecular formula is C12H16N2O2. The fourth-order valence-corrected chi connectivity index (χ4v) is 2.70. The van der Waals surface area contributed by atoms with Gasteiger partial charge in [-0.3, -0.25) is 4.68 Å². The van der Waals surface area contributed by atoms with Gasteiger partial charge in [-0.2, -0.15) is 5.10 Å². The Morgan fingerprint density at radius 2 is 2.00 bits per heavy atom. The van der Waals surface area contributed by atoms with E-state index in [1.807, 2.05) is 0 Å². The Morgan fingerprint density at radius 3 is 2.62 bits per heavy atom. The molecule has 0 aliphatic heterocycles. The van der Waals surface area contributed by atoms with Crippen LogP contribution in [0, 0.1) is 0 Å². The van der Waals surface area contributed by atoms with Crippen molar-refractivity contribution in [2.24, 2.45) is 0 Å². The molecule has 1 N–H and O–H groups in total. The van der Waals surface area contributed by atoms with Crippen molar-refractivity contribution in [2.45, 2.75) is 51.0 Å². The number of carbonyl (C=O) groups is 1. The van der Waals surface area contributed by atoms with Crippen LogP contribution in [0.3, 0.4) is 0 Å². The van der Waals surface area contributed by atoms with Gasteiger partial charge >= 0.3 is 5.97 Å². The van der Waals surface area contributed by atoms with Crippen LogP contribution < -0.4 is 0 Å². The molecule has 0 aromatic carbocycles. The molecule has 1 saturated carbocycles. The van der Waals surface area contributed by atoms with Gasteiger partial charge in [-0.1, -0.05) is 0 Å². The maximum absolute atomic E-state index is 11.3. The van der Waals surface area contributed by atoms with Crippen LogP contribution in [0.2, 0.25) is 0 Å². The van der Waals surface area contributed by atoms with Gasteiger partial charge in [0.15, 0.2) is 0 Å². The van der Waals surface area contributed by atoms with Gasteiger partial charge in [0.05, 0.1) is 11.7 Å². The van der Waals surface area contributed by atoms with Crippen LogP contribution in [-0.4, -0.2) is 20.9 Å². The first kappa shape index (κ1) is 9.87. The van der Waals surface area contributed by atoms with Crippen molar-refractivity contribution in [1.82, 2.24) is 9.78 Å². The first-order valence-electron chi connectivity index (χ1n) is 6.11. The summed E-state index contributed by atoms with van der Waals surface area (Å²) in [5, 5.41) is 13.8. The molecule has 0 unspecified atom stereocenters. The predicted molar refractivity (Wildman–Crippen MR) is 58.7 cm³/mol. The summed E-state index contributed by atoms with van der Waals surface area (Å²) in [4.78, 5) is 11.3. The van der Waals surface area contributed by atoms with Crippen LogP contribution >= 0.6 is 0 Å². The van der Waals surface area contributed by atoms with Gasteiger partial charge in [0.2, 0.25) is 0 Å². The molecule has 0 saturated heterocycles. The van der Waals surface area contributed by atoms with E-state index >= 15 is 0 Å². The Labute approximate surface area is 94.3 Å². The van der Waals surface area contributed by atoms with Crippen molar-refractivity contribution in [2.75, 3.05) is 0 Å². The average molecular weight is 220 g/mol. The number of carboxylic acid groups (broad SMARTS) is 1. The van der Waals surface area contributed by atoms with Gasteiger partial charge < -0.3 is 5.11 Å². The fraction of sp³-hybridized carbons (Fsp3) is 0.667. The highest BCUT2D eigenvalue weighted by Crippen LogP contribution is 2.35. The molecule has 1 aromatic rings. The van der Waals surface area contributed by atoms with E-state index in [-0.39, 0.29) is 0 Å². The summed E-state index contributed by atoms with van der Waals surface area (Å²) < 4.78 is 1.79. The Kier molecular flexibility index (Phi) is 2.23. The molecule has 1 fully saturated rings. The predicted octanol–water partition coefficient (Wildman–Crippen LogP) is 2.19. The molecule has 1 heterocycles. The fourth-order valence-electron chi connectivity index (χ4n) is 2.70. The Hall–Kier alpha value is -1.32. The number of aryl methyl sites for hydroxylation is 1. The second-order valence-electron chi connectivity index (χ2n) is 4.82. The summed E-state index contributed by atoms with van der Waals surface area (Å²) in [6.45, 7) is 0. The second kappa shape index (κ2) is 3.61. The summed E-state index contributed by atoms with van der Waals surface area (Å²) in [5.74, 6) is -0.803. The van der Waals surface area contributed by atoms with Crippen LogP contribution in [0.5, 0.6) is 0 Å². The molecule has 4 nitrogen and oxygen atoms in total. The minimum atomic E-state index is -0.803. The molecule has 0 bridgehead atoms. The first-order chi connectivity index (χ1) is 7.77. The van der Waals surface area contributed by atoms with Gasteiger partial charge in [-0.15, -0.1) is 0 Å². The Morgan fingerprint density at radius 1 is 1.25 bits per heavy atom. The maximum atomic E-state index is 11.3. The molecule has 1 aromatic heterocycles. The van der Waals surface area contributed by atoms with Crippen molar-refractivity contribution < 1.29 is 9.90 Å². The van der Waals surface area contributed by atoms with E-state index in [9.17, 15) is 9.90 Å².